The number of fused-ring (bicyclic) bond motifs is 2. The molecule has 2 amide bonds. The molecule has 1 fully saturated rings. The summed E-state index contributed by atoms with van der Waals surface area (Å²) in [5.74, 6) is -0.142. The normalized spacial score (nSPS) is 14.4. The lowest BCUT2D eigenvalue weighted by Gasteiger charge is -2.26. The Bertz CT molecular complexity index is 1590. The number of carbonyl (C=O) groups is 2. The number of ether oxygens (including phenoxy) is 2. The average Bonchev–Trinajstić information content (AvgIpc) is 3.43. The van der Waals surface area contributed by atoms with E-state index in [9.17, 15) is 9.59 Å². The standard InChI is InChI=1S/C26H32N10O4/c27-22(37)16-12-18-21(20(14-16)40-9-3-4-34-7-10-39-11-8-34)35(25(29)32-18)5-1-2-6-36-24-19(33-26(36)30)13-17(15-31-24)23(28)38/h1-2,12-15H,3-11H2,(H2,27,37)(H2,28,38)(H2,29,32)(H2,30,33)/b2-1+. The Balaban J connectivity index is 1.33. The first-order valence-electron chi connectivity index (χ1n) is 12.9. The number of benzene rings is 1. The van der Waals surface area contributed by atoms with Gasteiger partial charge in [-0.2, -0.15) is 0 Å². The van der Waals surface area contributed by atoms with Crippen molar-refractivity contribution in [3.63, 3.8) is 0 Å². The molecule has 0 unspecified atom stereocenters. The van der Waals surface area contributed by atoms with Gasteiger partial charge >= 0.3 is 0 Å². The van der Waals surface area contributed by atoms with E-state index in [1.165, 1.54) is 6.20 Å². The predicted octanol–water partition coefficient (Wildman–Crippen LogP) is 0.501. The van der Waals surface area contributed by atoms with Gasteiger partial charge in [-0.25, -0.2) is 15.0 Å². The van der Waals surface area contributed by atoms with Crippen LogP contribution in [0.5, 0.6) is 5.75 Å². The van der Waals surface area contributed by atoms with Crippen LogP contribution in [-0.4, -0.2) is 80.3 Å². The zero-order chi connectivity index (χ0) is 28.2. The van der Waals surface area contributed by atoms with Crippen LogP contribution in [0, 0.1) is 0 Å². The van der Waals surface area contributed by atoms with Crippen LogP contribution in [0.15, 0.2) is 36.5 Å². The van der Waals surface area contributed by atoms with Gasteiger partial charge < -0.3 is 37.0 Å². The molecule has 8 N–H and O–H groups in total. The maximum atomic E-state index is 11.9. The quantitative estimate of drug-likeness (QED) is 0.151. The van der Waals surface area contributed by atoms with Crippen LogP contribution in [-0.2, 0) is 17.8 Å². The number of nitrogen functional groups attached to an aromatic ring is 2. The second kappa shape index (κ2) is 11.6. The van der Waals surface area contributed by atoms with Crippen LogP contribution in [0.1, 0.15) is 27.1 Å². The first kappa shape index (κ1) is 26.9. The fourth-order valence-electron chi connectivity index (χ4n) is 4.68. The highest BCUT2D eigenvalue weighted by molar-refractivity contribution is 5.99. The summed E-state index contributed by atoms with van der Waals surface area (Å²) in [7, 11) is 0. The number of aromatic nitrogens is 5. The SMILES string of the molecule is NC(=O)c1cnc2c(c1)nc(N)n2C/C=C/Cn1c(N)nc2cc(C(N)=O)cc(OCCCN3CCOCC3)c21. The summed E-state index contributed by atoms with van der Waals surface area (Å²) in [6.07, 6.45) is 6.01. The molecule has 210 valence electrons. The molecule has 14 heteroatoms. The average molecular weight is 549 g/mol. The van der Waals surface area contributed by atoms with Crippen LogP contribution in [0.3, 0.4) is 0 Å². The van der Waals surface area contributed by atoms with Gasteiger partial charge in [-0.15, -0.1) is 0 Å². The molecule has 0 saturated carbocycles. The van der Waals surface area contributed by atoms with Crippen molar-refractivity contribution in [3.8, 4) is 5.75 Å². The van der Waals surface area contributed by atoms with Crippen molar-refractivity contribution >= 4 is 45.9 Å². The van der Waals surface area contributed by atoms with E-state index in [-0.39, 0.29) is 17.5 Å². The summed E-state index contributed by atoms with van der Waals surface area (Å²) in [6.45, 7) is 5.39. The molecule has 0 atom stereocenters. The Morgan fingerprint density at radius 2 is 1.57 bits per heavy atom. The first-order valence-corrected chi connectivity index (χ1v) is 12.9. The summed E-state index contributed by atoms with van der Waals surface area (Å²) in [5.41, 5.74) is 26.0. The highest BCUT2D eigenvalue weighted by Crippen LogP contribution is 2.30. The summed E-state index contributed by atoms with van der Waals surface area (Å²) in [4.78, 5) is 38.7. The molecule has 14 nitrogen and oxygen atoms in total. The molecule has 1 aromatic carbocycles. The van der Waals surface area contributed by atoms with Gasteiger partial charge in [0, 0.05) is 44.5 Å². The number of amides is 2. The van der Waals surface area contributed by atoms with Crippen LogP contribution in [0.2, 0.25) is 0 Å². The summed E-state index contributed by atoms with van der Waals surface area (Å²) in [5, 5.41) is 0. The monoisotopic (exact) mass is 548 g/mol. The Labute approximate surface area is 229 Å². The minimum absolute atomic E-state index is 0.258. The maximum Gasteiger partial charge on any atom is 0.250 e. The Morgan fingerprint density at radius 1 is 0.925 bits per heavy atom. The fourth-order valence-corrected chi connectivity index (χ4v) is 4.68. The number of carbonyl (C=O) groups excluding carboxylic acids is 2. The topological polar surface area (TPSA) is 208 Å². The van der Waals surface area contributed by atoms with Gasteiger partial charge in [-0.1, -0.05) is 12.2 Å². The van der Waals surface area contributed by atoms with E-state index in [1.54, 1.807) is 27.3 Å². The highest BCUT2D eigenvalue weighted by atomic mass is 16.5. The zero-order valence-corrected chi connectivity index (χ0v) is 22.0. The van der Waals surface area contributed by atoms with E-state index in [1.807, 2.05) is 12.2 Å². The molecule has 1 saturated heterocycles. The molecule has 3 aromatic heterocycles. The van der Waals surface area contributed by atoms with Gasteiger partial charge in [-0.3, -0.25) is 19.1 Å². The second-order valence-corrected chi connectivity index (χ2v) is 9.43. The van der Waals surface area contributed by atoms with Crippen LogP contribution >= 0.6 is 0 Å². The van der Waals surface area contributed by atoms with E-state index < -0.39 is 11.8 Å². The van der Waals surface area contributed by atoms with E-state index in [4.69, 9.17) is 32.4 Å². The van der Waals surface area contributed by atoms with Gasteiger partial charge in [0.1, 0.15) is 16.8 Å². The third kappa shape index (κ3) is 5.67. The second-order valence-electron chi connectivity index (χ2n) is 9.43. The fraction of sp³-hybridized carbons (Fsp3) is 0.346. The van der Waals surface area contributed by atoms with Crippen molar-refractivity contribution in [1.29, 1.82) is 0 Å². The summed E-state index contributed by atoms with van der Waals surface area (Å²) in [6, 6.07) is 4.80. The molecule has 4 aromatic rings. The van der Waals surface area contributed by atoms with Gasteiger partial charge in [0.05, 0.1) is 30.9 Å². The molecule has 4 heterocycles. The number of nitrogens with two attached hydrogens (primary N) is 4. The molecule has 1 aliphatic heterocycles. The summed E-state index contributed by atoms with van der Waals surface area (Å²) >= 11 is 0. The molecular formula is C26H32N10O4. The molecule has 0 spiro atoms. The minimum Gasteiger partial charge on any atom is -0.491 e. The van der Waals surface area contributed by atoms with Crippen molar-refractivity contribution in [2.45, 2.75) is 19.5 Å². The first-order chi connectivity index (χ1) is 19.3. The molecule has 40 heavy (non-hydrogen) atoms. The van der Waals surface area contributed by atoms with Gasteiger partial charge in [0.15, 0.2) is 5.65 Å². The number of morpholine rings is 1. The maximum absolute atomic E-state index is 11.9. The van der Waals surface area contributed by atoms with Gasteiger partial charge in [-0.05, 0) is 24.6 Å². The lowest BCUT2D eigenvalue weighted by atomic mass is 10.1. The smallest absolute Gasteiger partial charge is 0.250 e. The minimum atomic E-state index is -0.587. The van der Waals surface area contributed by atoms with Crippen molar-refractivity contribution < 1.29 is 19.1 Å². The van der Waals surface area contributed by atoms with Crippen LogP contribution in [0.4, 0.5) is 11.9 Å². The molecule has 0 bridgehead atoms. The molecule has 1 aliphatic rings. The predicted molar refractivity (Wildman–Crippen MR) is 150 cm³/mol. The number of primary amides is 2. The number of imidazole rings is 2. The van der Waals surface area contributed by atoms with E-state index in [2.05, 4.69) is 19.9 Å². The number of nitrogens with zero attached hydrogens (tertiary/aromatic N) is 6. The number of rotatable bonds is 11. The van der Waals surface area contributed by atoms with Gasteiger partial charge in [0.2, 0.25) is 23.7 Å². The molecule has 0 radical (unpaired) electrons. The largest absolute Gasteiger partial charge is 0.491 e. The van der Waals surface area contributed by atoms with Crippen LogP contribution < -0.4 is 27.7 Å². The van der Waals surface area contributed by atoms with E-state index in [0.29, 0.717) is 53.2 Å². The zero-order valence-electron chi connectivity index (χ0n) is 22.0. The van der Waals surface area contributed by atoms with E-state index >= 15 is 0 Å². The number of hydrogen-bond donors (Lipinski definition) is 4. The number of allylic oxidation sites excluding steroid dienone is 2. The Morgan fingerprint density at radius 3 is 2.30 bits per heavy atom. The number of anilines is 2. The molecular weight excluding hydrogens is 516 g/mol. The molecule has 5 rings (SSSR count). The lowest BCUT2D eigenvalue weighted by Crippen LogP contribution is -2.37. The van der Waals surface area contributed by atoms with Crippen molar-refractivity contribution in [2.24, 2.45) is 11.5 Å². The number of pyridine rings is 1. The van der Waals surface area contributed by atoms with E-state index in [0.717, 1.165) is 39.3 Å². The van der Waals surface area contributed by atoms with Crippen LogP contribution in [0.25, 0.3) is 22.2 Å². The van der Waals surface area contributed by atoms with Crippen molar-refractivity contribution in [1.82, 2.24) is 29.0 Å². The lowest BCUT2D eigenvalue weighted by molar-refractivity contribution is 0.0358. The van der Waals surface area contributed by atoms with Crippen molar-refractivity contribution in [2.75, 3.05) is 50.9 Å². The third-order valence-corrected chi connectivity index (χ3v) is 6.74. The van der Waals surface area contributed by atoms with Crippen molar-refractivity contribution in [3.05, 3.63) is 47.7 Å². The Kier molecular flexibility index (Phi) is 7.79. The highest BCUT2D eigenvalue weighted by Gasteiger charge is 2.17. The Hall–Kier alpha value is -4.69. The molecule has 0 aliphatic carbocycles. The van der Waals surface area contributed by atoms with Gasteiger partial charge in [0.25, 0.3) is 0 Å². The number of hydrogen-bond acceptors (Lipinski definition) is 10. The third-order valence-electron chi connectivity index (χ3n) is 6.74. The summed E-state index contributed by atoms with van der Waals surface area (Å²) < 4.78 is 15.1.